The highest BCUT2D eigenvalue weighted by molar-refractivity contribution is 7.22. The van der Waals surface area contributed by atoms with Gasteiger partial charge in [-0.3, -0.25) is 9.69 Å². The number of furan rings is 1. The van der Waals surface area contributed by atoms with Crippen molar-refractivity contribution in [3.8, 4) is 0 Å². The summed E-state index contributed by atoms with van der Waals surface area (Å²) in [5.74, 6) is 0.693. The number of aromatic nitrogens is 1. The first-order valence-electron chi connectivity index (χ1n) is 8.44. The third-order valence-electron chi connectivity index (χ3n) is 4.20. The molecule has 3 aromatic heterocycles. The number of anilines is 1. The van der Waals surface area contributed by atoms with E-state index in [1.807, 2.05) is 31.2 Å². The molecule has 0 aliphatic heterocycles. The summed E-state index contributed by atoms with van der Waals surface area (Å²) >= 11 is 8.96. The van der Waals surface area contributed by atoms with E-state index >= 15 is 0 Å². The van der Waals surface area contributed by atoms with Crippen LogP contribution in [0.5, 0.6) is 0 Å². The van der Waals surface area contributed by atoms with Crippen molar-refractivity contribution in [2.24, 2.45) is 0 Å². The van der Waals surface area contributed by atoms with Crippen LogP contribution in [-0.4, -0.2) is 10.9 Å². The van der Waals surface area contributed by atoms with E-state index in [-0.39, 0.29) is 12.3 Å². The molecule has 138 valence electrons. The number of halogens is 1. The molecule has 4 rings (SSSR count). The van der Waals surface area contributed by atoms with E-state index in [2.05, 4.69) is 19.1 Å². The molecule has 0 atom stereocenters. The third kappa shape index (κ3) is 3.93. The van der Waals surface area contributed by atoms with Gasteiger partial charge in [-0.2, -0.15) is 0 Å². The Bertz CT molecular complexity index is 1100. The molecule has 4 nitrogen and oxygen atoms in total. The predicted octanol–water partition coefficient (Wildman–Crippen LogP) is 6.00. The van der Waals surface area contributed by atoms with Crippen LogP contribution in [0.25, 0.3) is 10.2 Å². The number of carbonyl (C=O) groups is 1. The molecule has 0 saturated heterocycles. The Labute approximate surface area is 170 Å². The van der Waals surface area contributed by atoms with Crippen molar-refractivity contribution < 1.29 is 9.21 Å². The van der Waals surface area contributed by atoms with Crippen LogP contribution in [0.2, 0.25) is 4.34 Å². The molecule has 0 N–H and O–H groups in total. The Kier molecular flexibility index (Phi) is 5.04. The largest absolute Gasteiger partial charge is 0.467 e. The van der Waals surface area contributed by atoms with E-state index in [1.54, 1.807) is 11.2 Å². The minimum atomic E-state index is -0.0293. The van der Waals surface area contributed by atoms with E-state index in [0.717, 1.165) is 26.4 Å². The number of thiazole rings is 1. The molecule has 0 unspecified atom stereocenters. The van der Waals surface area contributed by atoms with E-state index in [4.69, 9.17) is 21.0 Å². The number of aryl methyl sites for hydroxylation is 2. The smallest absolute Gasteiger partial charge is 0.234 e. The summed E-state index contributed by atoms with van der Waals surface area (Å²) < 4.78 is 7.24. The molecule has 0 fully saturated rings. The van der Waals surface area contributed by atoms with Gasteiger partial charge in [0, 0.05) is 4.88 Å². The zero-order valence-electron chi connectivity index (χ0n) is 14.9. The second-order valence-electron chi connectivity index (χ2n) is 6.37. The van der Waals surface area contributed by atoms with Gasteiger partial charge in [-0.05, 0) is 55.3 Å². The lowest BCUT2D eigenvalue weighted by atomic mass is 10.1. The molecule has 0 aliphatic carbocycles. The van der Waals surface area contributed by atoms with Crippen molar-refractivity contribution in [2.75, 3.05) is 4.90 Å². The number of thiophene rings is 1. The van der Waals surface area contributed by atoms with Crippen LogP contribution in [0.4, 0.5) is 5.13 Å². The number of rotatable bonds is 5. The number of carbonyl (C=O) groups excluding carboxylic acids is 1. The minimum Gasteiger partial charge on any atom is -0.467 e. The highest BCUT2D eigenvalue weighted by Gasteiger charge is 2.22. The highest BCUT2D eigenvalue weighted by Crippen LogP contribution is 2.33. The van der Waals surface area contributed by atoms with Crippen LogP contribution in [-0.2, 0) is 17.8 Å². The summed E-state index contributed by atoms with van der Waals surface area (Å²) in [6.45, 7) is 4.46. The second kappa shape index (κ2) is 7.46. The fraction of sp³-hybridized carbons (Fsp3) is 0.200. The maximum Gasteiger partial charge on any atom is 0.234 e. The lowest BCUT2D eigenvalue weighted by molar-refractivity contribution is -0.118. The standard InChI is InChI=1S/C20H17ClN2O2S2/c1-12-8-13(2)19-16(9-12)27-20(22-19)23(11-14-4-3-7-25-14)18(24)10-15-5-6-17(21)26-15/h3-9H,10-11H2,1-2H3. The lowest BCUT2D eigenvalue weighted by Crippen LogP contribution is -2.31. The summed E-state index contributed by atoms with van der Waals surface area (Å²) in [5.41, 5.74) is 3.24. The second-order valence-corrected chi connectivity index (χ2v) is 9.18. The van der Waals surface area contributed by atoms with Crippen LogP contribution in [0, 0.1) is 13.8 Å². The van der Waals surface area contributed by atoms with Gasteiger partial charge in [0.25, 0.3) is 0 Å². The first-order valence-corrected chi connectivity index (χ1v) is 10.5. The van der Waals surface area contributed by atoms with Crippen molar-refractivity contribution in [3.63, 3.8) is 0 Å². The van der Waals surface area contributed by atoms with Gasteiger partial charge >= 0.3 is 0 Å². The van der Waals surface area contributed by atoms with Crippen LogP contribution >= 0.6 is 34.3 Å². The van der Waals surface area contributed by atoms with Crippen LogP contribution in [0.15, 0.2) is 47.1 Å². The fourth-order valence-corrected chi connectivity index (χ4v) is 5.22. The monoisotopic (exact) mass is 416 g/mol. The van der Waals surface area contributed by atoms with Crippen LogP contribution in [0.1, 0.15) is 21.8 Å². The number of hydrogen-bond acceptors (Lipinski definition) is 5. The summed E-state index contributed by atoms with van der Waals surface area (Å²) in [5, 5.41) is 0.683. The zero-order valence-corrected chi connectivity index (χ0v) is 17.2. The molecule has 0 spiro atoms. The molecule has 7 heteroatoms. The predicted molar refractivity (Wildman–Crippen MR) is 112 cm³/mol. The van der Waals surface area contributed by atoms with E-state index in [1.165, 1.54) is 28.2 Å². The topological polar surface area (TPSA) is 46.3 Å². The van der Waals surface area contributed by atoms with E-state index < -0.39 is 0 Å². The zero-order chi connectivity index (χ0) is 19.0. The maximum absolute atomic E-state index is 13.1. The van der Waals surface area contributed by atoms with E-state index in [9.17, 15) is 4.79 Å². The van der Waals surface area contributed by atoms with Gasteiger partial charge in [0.1, 0.15) is 5.76 Å². The molecule has 0 bridgehead atoms. The maximum atomic E-state index is 13.1. The van der Waals surface area contributed by atoms with Gasteiger partial charge in [0.2, 0.25) is 5.91 Å². The van der Waals surface area contributed by atoms with Crippen LogP contribution in [0.3, 0.4) is 0 Å². The molecule has 1 aromatic carbocycles. The molecule has 4 aromatic rings. The Morgan fingerprint density at radius 2 is 2.07 bits per heavy atom. The van der Waals surface area contributed by atoms with Crippen molar-refractivity contribution in [2.45, 2.75) is 26.8 Å². The van der Waals surface area contributed by atoms with Crippen molar-refractivity contribution in [1.29, 1.82) is 0 Å². The summed E-state index contributed by atoms with van der Waals surface area (Å²) in [6, 6.07) is 11.6. The summed E-state index contributed by atoms with van der Waals surface area (Å²) in [6.07, 6.45) is 1.90. The average molecular weight is 417 g/mol. The molecule has 0 radical (unpaired) electrons. The number of amides is 1. The van der Waals surface area contributed by atoms with Crippen molar-refractivity contribution >= 4 is 55.5 Å². The molecule has 0 aliphatic rings. The Morgan fingerprint density at radius 3 is 2.78 bits per heavy atom. The lowest BCUT2D eigenvalue weighted by Gasteiger charge is -2.18. The SMILES string of the molecule is Cc1cc(C)c2nc(N(Cc3ccco3)C(=O)Cc3ccc(Cl)s3)sc2c1. The van der Waals surface area contributed by atoms with Crippen molar-refractivity contribution in [1.82, 2.24) is 4.98 Å². The third-order valence-corrected chi connectivity index (χ3v) is 6.46. The number of fused-ring (bicyclic) bond motifs is 1. The fourth-order valence-electron chi connectivity index (χ4n) is 2.99. The van der Waals surface area contributed by atoms with Gasteiger partial charge < -0.3 is 4.42 Å². The molecule has 0 saturated carbocycles. The van der Waals surface area contributed by atoms with Gasteiger partial charge in [0.05, 0.1) is 33.8 Å². The van der Waals surface area contributed by atoms with Crippen molar-refractivity contribution in [3.05, 3.63) is 68.8 Å². The average Bonchev–Trinajstić information content (AvgIpc) is 3.33. The Hall–Kier alpha value is -2.15. The normalized spacial score (nSPS) is 11.2. The molecule has 27 heavy (non-hydrogen) atoms. The highest BCUT2D eigenvalue weighted by atomic mass is 35.5. The molecule has 1 amide bonds. The summed E-state index contributed by atoms with van der Waals surface area (Å²) in [4.78, 5) is 20.5. The molecular formula is C20H17ClN2O2S2. The summed E-state index contributed by atoms with van der Waals surface area (Å²) in [7, 11) is 0. The first kappa shape index (κ1) is 18.2. The molecular weight excluding hydrogens is 400 g/mol. The Morgan fingerprint density at radius 1 is 1.22 bits per heavy atom. The van der Waals surface area contributed by atoms with Crippen LogP contribution < -0.4 is 4.90 Å². The minimum absolute atomic E-state index is 0.0293. The first-order chi connectivity index (χ1) is 13.0. The number of hydrogen-bond donors (Lipinski definition) is 0. The van der Waals surface area contributed by atoms with E-state index in [0.29, 0.717) is 16.0 Å². The quantitative estimate of drug-likeness (QED) is 0.401. The molecule has 3 heterocycles. The van der Waals surface area contributed by atoms with Gasteiger partial charge in [-0.25, -0.2) is 4.98 Å². The Balaban J connectivity index is 1.71. The number of benzene rings is 1. The number of nitrogens with zero attached hydrogens (tertiary/aromatic N) is 2. The van der Waals surface area contributed by atoms with Gasteiger partial charge in [0.15, 0.2) is 5.13 Å². The van der Waals surface area contributed by atoms with Gasteiger partial charge in [-0.15, -0.1) is 11.3 Å². The van der Waals surface area contributed by atoms with Gasteiger partial charge in [-0.1, -0.05) is 29.0 Å².